The Balaban J connectivity index is 1.27. The van der Waals surface area contributed by atoms with Crippen LogP contribution in [0.25, 0.3) is 0 Å². The summed E-state index contributed by atoms with van der Waals surface area (Å²) in [7, 11) is 0. The fourth-order valence-corrected chi connectivity index (χ4v) is 5.66. The number of anilines is 2. The number of para-hydroxylation sites is 2. The standard InChI is InChI=1S/C32H49N3OS/c1-25(2)29-17-13-18-30(26(3)4)32(29)33-31(36)24-28(37)16-11-6-5-7-12-19-34-20-22-35(23-21-34)27-14-9-8-10-15-27/h8-10,13-15,17-18,25-26,28,37H,5-7,11-12,16,19-24H2,1-4H3,(H,33,36). The van der Waals surface area contributed by atoms with Crippen LogP contribution in [0.15, 0.2) is 48.5 Å². The van der Waals surface area contributed by atoms with Gasteiger partial charge in [0.25, 0.3) is 0 Å². The van der Waals surface area contributed by atoms with Crippen molar-refractivity contribution in [3.8, 4) is 0 Å². The van der Waals surface area contributed by atoms with E-state index in [1.54, 1.807) is 0 Å². The number of thiol groups is 1. The van der Waals surface area contributed by atoms with E-state index in [0.717, 1.165) is 31.6 Å². The Morgan fingerprint density at radius 1 is 0.811 bits per heavy atom. The van der Waals surface area contributed by atoms with Crippen LogP contribution in [0.1, 0.15) is 95.6 Å². The third-order valence-electron chi connectivity index (χ3n) is 7.56. The average Bonchev–Trinajstić information content (AvgIpc) is 2.88. The predicted octanol–water partition coefficient (Wildman–Crippen LogP) is 7.72. The van der Waals surface area contributed by atoms with E-state index < -0.39 is 0 Å². The van der Waals surface area contributed by atoms with E-state index in [2.05, 4.69) is 91.3 Å². The zero-order chi connectivity index (χ0) is 26.6. The molecule has 1 unspecified atom stereocenters. The Kier molecular flexibility index (Phi) is 12.3. The highest BCUT2D eigenvalue weighted by Crippen LogP contribution is 2.32. The lowest BCUT2D eigenvalue weighted by Crippen LogP contribution is -2.46. The van der Waals surface area contributed by atoms with Crippen molar-refractivity contribution in [1.82, 2.24) is 4.90 Å². The minimum Gasteiger partial charge on any atom is -0.369 e. The number of piperazine rings is 1. The largest absolute Gasteiger partial charge is 0.369 e. The maximum Gasteiger partial charge on any atom is 0.225 e. The quantitative estimate of drug-likeness (QED) is 0.196. The second-order valence-corrected chi connectivity index (χ2v) is 12.0. The Bertz CT molecular complexity index is 912. The van der Waals surface area contributed by atoms with Crippen LogP contribution in [0.2, 0.25) is 0 Å². The summed E-state index contributed by atoms with van der Waals surface area (Å²) >= 11 is 4.74. The molecule has 0 spiro atoms. The lowest BCUT2D eigenvalue weighted by molar-refractivity contribution is -0.116. The van der Waals surface area contributed by atoms with Crippen LogP contribution in [0, 0.1) is 0 Å². The van der Waals surface area contributed by atoms with Gasteiger partial charge in [0.1, 0.15) is 0 Å². The molecule has 2 aromatic carbocycles. The van der Waals surface area contributed by atoms with E-state index in [9.17, 15) is 4.79 Å². The molecular formula is C32H49N3OS. The first-order chi connectivity index (χ1) is 17.8. The lowest BCUT2D eigenvalue weighted by Gasteiger charge is -2.36. The van der Waals surface area contributed by atoms with Gasteiger partial charge in [-0.3, -0.25) is 9.69 Å². The minimum atomic E-state index is 0.0855. The highest BCUT2D eigenvalue weighted by Gasteiger charge is 2.18. The molecule has 1 heterocycles. The summed E-state index contributed by atoms with van der Waals surface area (Å²) in [4.78, 5) is 17.9. The molecule has 1 N–H and O–H groups in total. The van der Waals surface area contributed by atoms with E-state index in [-0.39, 0.29) is 11.2 Å². The number of benzene rings is 2. The SMILES string of the molecule is CC(C)c1cccc(C(C)C)c1NC(=O)CC(S)CCCCCCCN1CCN(c2ccccc2)CC1. The molecular weight excluding hydrogens is 474 g/mol. The van der Waals surface area contributed by atoms with Gasteiger partial charge in [-0.2, -0.15) is 12.6 Å². The number of rotatable bonds is 14. The molecule has 1 aliphatic rings. The Labute approximate surface area is 231 Å². The molecule has 5 heteroatoms. The summed E-state index contributed by atoms with van der Waals surface area (Å²) in [5.41, 5.74) is 4.80. The van der Waals surface area contributed by atoms with Crippen LogP contribution >= 0.6 is 12.6 Å². The van der Waals surface area contributed by atoms with Gasteiger partial charge in [-0.1, -0.05) is 89.8 Å². The monoisotopic (exact) mass is 523 g/mol. The highest BCUT2D eigenvalue weighted by atomic mass is 32.1. The molecule has 4 nitrogen and oxygen atoms in total. The Morgan fingerprint density at radius 2 is 1.41 bits per heavy atom. The van der Waals surface area contributed by atoms with Gasteiger partial charge >= 0.3 is 0 Å². The number of carbonyl (C=O) groups excluding carboxylic acids is 1. The van der Waals surface area contributed by atoms with Gasteiger partial charge in [0.2, 0.25) is 5.91 Å². The van der Waals surface area contributed by atoms with Crippen molar-refractivity contribution in [2.75, 3.05) is 42.9 Å². The van der Waals surface area contributed by atoms with E-state index in [1.807, 2.05) is 0 Å². The van der Waals surface area contributed by atoms with E-state index >= 15 is 0 Å². The molecule has 0 saturated carbocycles. The van der Waals surface area contributed by atoms with Gasteiger partial charge in [-0.05, 0) is 54.5 Å². The molecule has 1 aliphatic heterocycles. The van der Waals surface area contributed by atoms with Crippen molar-refractivity contribution in [3.63, 3.8) is 0 Å². The van der Waals surface area contributed by atoms with Crippen molar-refractivity contribution in [3.05, 3.63) is 59.7 Å². The molecule has 0 bridgehead atoms. The summed E-state index contributed by atoms with van der Waals surface area (Å²) in [5, 5.41) is 3.36. The van der Waals surface area contributed by atoms with E-state index in [1.165, 1.54) is 62.1 Å². The molecule has 1 fully saturated rings. The number of carbonyl (C=O) groups is 1. The van der Waals surface area contributed by atoms with Crippen LogP contribution < -0.4 is 10.2 Å². The molecule has 0 aromatic heterocycles. The molecule has 1 amide bonds. The van der Waals surface area contributed by atoms with Gasteiger partial charge in [-0.25, -0.2) is 0 Å². The van der Waals surface area contributed by atoms with Gasteiger partial charge in [0.05, 0.1) is 0 Å². The van der Waals surface area contributed by atoms with Crippen molar-refractivity contribution >= 4 is 29.9 Å². The Morgan fingerprint density at radius 3 is 2.03 bits per heavy atom. The van der Waals surface area contributed by atoms with Crippen molar-refractivity contribution in [2.24, 2.45) is 0 Å². The third-order valence-corrected chi connectivity index (χ3v) is 8.00. The minimum absolute atomic E-state index is 0.0855. The zero-order valence-corrected chi connectivity index (χ0v) is 24.5. The van der Waals surface area contributed by atoms with Crippen molar-refractivity contribution < 1.29 is 4.79 Å². The number of unbranched alkanes of at least 4 members (excludes halogenated alkanes) is 4. The second kappa shape index (κ2) is 15.4. The van der Waals surface area contributed by atoms with Crippen LogP contribution in [-0.2, 0) is 4.79 Å². The predicted molar refractivity (Wildman–Crippen MR) is 163 cm³/mol. The molecule has 1 saturated heterocycles. The maximum absolute atomic E-state index is 12.8. The fraction of sp³-hybridized carbons (Fsp3) is 0.594. The molecule has 1 atom stereocenters. The summed E-state index contributed by atoms with van der Waals surface area (Å²) in [6.45, 7) is 14.5. The summed E-state index contributed by atoms with van der Waals surface area (Å²) in [6.07, 6.45) is 7.70. The summed E-state index contributed by atoms with van der Waals surface area (Å²) < 4.78 is 0. The first-order valence-corrected chi connectivity index (χ1v) is 15.0. The lowest BCUT2D eigenvalue weighted by atomic mass is 9.92. The normalized spacial score (nSPS) is 15.4. The van der Waals surface area contributed by atoms with Crippen LogP contribution in [0.5, 0.6) is 0 Å². The van der Waals surface area contributed by atoms with Crippen molar-refractivity contribution in [1.29, 1.82) is 0 Å². The van der Waals surface area contributed by atoms with Crippen molar-refractivity contribution in [2.45, 2.75) is 89.7 Å². The average molecular weight is 524 g/mol. The maximum atomic E-state index is 12.8. The fourth-order valence-electron chi connectivity index (χ4n) is 5.32. The highest BCUT2D eigenvalue weighted by molar-refractivity contribution is 7.81. The molecule has 0 aliphatic carbocycles. The first-order valence-electron chi connectivity index (χ1n) is 14.5. The molecule has 3 rings (SSSR count). The summed E-state index contributed by atoms with van der Waals surface area (Å²) in [6, 6.07) is 17.1. The molecule has 2 aromatic rings. The first kappa shape index (κ1) is 29.6. The number of hydrogen-bond acceptors (Lipinski definition) is 4. The summed E-state index contributed by atoms with van der Waals surface area (Å²) in [5.74, 6) is 0.835. The Hall–Kier alpha value is -1.98. The molecule has 204 valence electrons. The van der Waals surface area contributed by atoms with Gasteiger partial charge in [0, 0.05) is 49.2 Å². The van der Waals surface area contributed by atoms with Crippen LogP contribution in [0.4, 0.5) is 11.4 Å². The number of nitrogens with zero attached hydrogens (tertiary/aromatic N) is 2. The topological polar surface area (TPSA) is 35.6 Å². The molecule has 37 heavy (non-hydrogen) atoms. The van der Waals surface area contributed by atoms with Crippen LogP contribution in [-0.4, -0.2) is 48.8 Å². The van der Waals surface area contributed by atoms with Gasteiger partial charge in [0.15, 0.2) is 0 Å². The van der Waals surface area contributed by atoms with Gasteiger partial charge < -0.3 is 10.2 Å². The number of amides is 1. The zero-order valence-electron chi connectivity index (χ0n) is 23.6. The third kappa shape index (κ3) is 9.68. The van der Waals surface area contributed by atoms with Crippen LogP contribution in [0.3, 0.4) is 0 Å². The van der Waals surface area contributed by atoms with E-state index in [4.69, 9.17) is 12.6 Å². The van der Waals surface area contributed by atoms with E-state index in [0.29, 0.717) is 18.3 Å². The smallest absolute Gasteiger partial charge is 0.225 e. The molecule has 0 radical (unpaired) electrons. The number of hydrogen-bond donors (Lipinski definition) is 2. The van der Waals surface area contributed by atoms with Gasteiger partial charge in [-0.15, -0.1) is 0 Å². The number of nitrogens with one attached hydrogen (secondary N) is 1. The second-order valence-electron chi connectivity index (χ2n) is 11.2.